The second-order valence-corrected chi connectivity index (χ2v) is 8.56. The van der Waals surface area contributed by atoms with E-state index in [4.69, 9.17) is 4.84 Å². The summed E-state index contributed by atoms with van der Waals surface area (Å²) in [5, 5.41) is 1.58. The van der Waals surface area contributed by atoms with Crippen molar-refractivity contribution in [2.45, 2.75) is 65.3 Å². The highest BCUT2D eigenvalue weighted by Gasteiger charge is 2.38. The average Bonchev–Trinajstić information content (AvgIpc) is 3.21. The Bertz CT molecular complexity index is 860. The molecule has 1 saturated carbocycles. The highest BCUT2D eigenvalue weighted by Crippen LogP contribution is 2.36. The first-order valence-electron chi connectivity index (χ1n) is 10.7. The Balaban J connectivity index is 1.36. The first-order chi connectivity index (χ1) is 14.0. The largest absolute Gasteiger partial charge is 0.272 e. The van der Waals surface area contributed by atoms with Gasteiger partial charge in [-0.05, 0) is 76.0 Å². The van der Waals surface area contributed by atoms with Crippen LogP contribution in [0.2, 0.25) is 0 Å². The quantitative estimate of drug-likeness (QED) is 0.782. The summed E-state index contributed by atoms with van der Waals surface area (Å²) >= 11 is 0. The zero-order chi connectivity index (χ0) is 20.4. The number of carbonyl (C=O) groups excluding carboxylic acids is 1. The van der Waals surface area contributed by atoms with Crippen LogP contribution in [0.4, 0.5) is 0 Å². The average molecular weight is 395 g/mol. The molecule has 1 saturated heterocycles. The summed E-state index contributed by atoms with van der Waals surface area (Å²) in [5.74, 6) is 0.799. The molecule has 1 atom stereocenters. The zero-order valence-electron chi connectivity index (χ0n) is 17.6. The van der Waals surface area contributed by atoms with E-state index in [0.29, 0.717) is 12.5 Å². The molecule has 6 nitrogen and oxygen atoms in total. The summed E-state index contributed by atoms with van der Waals surface area (Å²) < 4.78 is 0. The lowest BCUT2D eigenvalue weighted by Gasteiger charge is -2.32. The lowest BCUT2D eigenvalue weighted by atomic mass is 9.78. The first-order valence-corrected chi connectivity index (χ1v) is 10.7. The molecule has 1 aliphatic carbocycles. The molecule has 6 heteroatoms. The van der Waals surface area contributed by atoms with Crippen LogP contribution in [0.3, 0.4) is 0 Å². The number of aromatic nitrogens is 3. The smallest absolute Gasteiger partial charge is 0.249 e. The summed E-state index contributed by atoms with van der Waals surface area (Å²) in [6.45, 7) is 6.65. The van der Waals surface area contributed by atoms with E-state index in [0.717, 1.165) is 55.6 Å². The molecular weight excluding hydrogens is 364 g/mol. The van der Waals surface area contributed by atoms with Gasteiger partial charge in [-0.25, -0.2) is 5.06 Å². The number of hydrogen-bond acceptors (Lipinski definition) is 5. The summed E-state index contributed by atoms with van der Waals surface area (Å²) in [6.07, 6.45) is 11.4. The molecule has 1 aliphatic heterocycles. The van der Waals surface area contributed by atoms with Crippen molar-refractivity contribution >= 4 is 5.91 Å². The molecule has 0 spiro atoms. The van der Waals surface area contributed by atoms with Crippen molar-refractivity contribution in [2.75, 3.05) is 6.61 Å². The summed E-state index contributed by atoms with van der Waals surface area (Å²) in [7, 11) is 0. The van der Waals surface area contributed by atoms with Crippen molar-refractivity contribution in [1.29, 1.82) is 0 Å². The van der Waals surface area contributed by atoms with Crippen LogP contribution in [0.5, 0.6) is 0 Å². The third-order valence-electron chi connectivity index (χ3n) is 6.32. The van der Waals surface area contributed by atoms with E-state index >= 15 is 0 Å². The summed E-state index contributed by atoms with van der Waals surface area (Å²) in [4.78, 5) is 32.1. The van der Waals surface area contributed by atoms with E-state index in [1.807, 2.05) is 20.0 Å². The van der Waals surface area contributed by atoms with Gasteiger partial charge in [0.2, 0.25) is 5.91 Å². The van der Waals surface area contributed by atoms with Gasteiger partial charge in [-0.15, -0.1) is 0 Å². The number of pyridine rings is 1. The maximum atomic E-state index is 13.2. The molecule has 29 heavy (non-hydrogen) atoms. The van der Waals surface area contributed by atoms with E-state index in [2.05, 4.69) is 27.9 Å². The summed E-state index contributed by atoms with van der Waals surface area (Å²) in [6, 6.07) is 2.09. The van der Waals surface area contributed by atoms with E-state index in [1.165, 1.54) is 11.1 Å². The number of amides is 1. The van der Waals surface area contributed by atoms with Gasteiger partial charge in [-0.1, -0.05) is 0 Å². The van der Waals surface area contributed by atoms with Crippen LogP contribution in [0.25, 0.3) is 0 Å². The number of rotatable bonds is 4. The SMILES string of the molecule is Cc1cnc([C@@H]2CCON2C(=O)[C@H]2CC[C@H](Cc3cc(C)ncc3C)CC2)cn1. The Hall–Kier alpha value is -2.34. The molecule has 2 aliphatic rings. The fourth-order valence-corrected chi connectivity index (χ4v) is 4.54. The van der Waals surface area contributed by atoms with Crippen LogP contribution in [-0.4, -0.2) is 32.5 Å². The predicted octanol–water partition coefficient (Wildman–Crippen LogP) is 4.05. The van der Waals surface area contributed by atoms with Crippen molar-refractivity contribution < 1.29 is 9.63 Å². The monoisotopic (exact) mass is 394 g/mol. The number of aryl methyl sites for hydroxylation is 3. The third kappa shape index (κ3) is 4.47. The maximum Gasteiger partial charge on any atom is 0.249 e. The minimum Gasteiger partial charge on any atom is -0.272 e. The van der Waals surface area contributed by atoms with Crippen LogP contribution >= 0.6 is 0 Å². The predicted molar refractivity (Wildman–Crippen MR) is 110 cm³/mol. The molecular formula is C23H30N4O2. The Kier molecular flexibility index (Phi) is 5.90. The van der Waals surface area contributed by atoms with Crippen LogP contribution in [-0.2, 0) is 16.1 Å². The normalized spacial score (nSPS) is 24.7. The minimum atomic E-state index is -0.115. The molecule has 0 bridgehead atoms. The molecule has 3 heterocycles. The molecule has 0 N–H and O–H groups in total. The Morgan fingerprint density at radius 2 is 1.76 bits per heavy atom. The molecule has 154 valence electrons. The van der Waals surface area contributed by atoms with E-state index < -0.39 is 0 Å². The third-order valence-corrected chi connectivity index (χ3v) is 6.32. The molecule has 2 fully saturated rings. The minimum absolute atomic E-state index is 0.0468. The summed E-state index contributed by atoms with van der Waals surface area (Å²) in [5.41, 5.74) is 5.43. The zero-order valence-corrected chi connectivity index (χ0v) is 17.6. The Labute approximate surface area is 172 Å². The van der Waals surface area contributed by atoms with Crippen molar-refractivity contribution in [3.63, 3.8) is 0 Å². The number of hydroxylamine groups is 2. The second-order valence-electron chi connectivity index (χ2n) is 8.56. The van der Waals surface area contributed by atoms with Gasteiger partial charge in [0.05, 0.1) is 24.2 Å². The van der Waals surface area contributed by atoms with Gasteiger partial charge in [-0.3, -0.25) is 24.6 Å². The highest BCUT2D eigenvalue weighted by molar-refractivity contribution is 5.78. The van der Waals surface area contributed by atoms with Crippen LogP contribution < -0.4 is 0 Å². The van der Waals surface area contributed by atoms with Crippen molar-refractivity contribution in [3.05, 3.63) is 52.9 Å². The van der Waals surface area contributed by atoms with Crippen LogP contribution in [0, 0.1) is 32.6 Å². The molecule has 0 radical (unpaired) electrons. The van der Waals surface area contributed by atoms with E-state index in [-0.39, 0.29) is 17.9 Å². The van der Waals surface area contributed by atoms with Gasteiger partial charge in [0.25, 0.3) is 0 Å². The number of nitrogens with zero attached hydrogens (tertiary/aromatic N) is 4. The standard InChI is InChI=1S/C23H30N4O2/c1-15-12-24-16(2)10-20(15)11-18-4-6-19(7-5-18)23(28)27-22(8-9-29-27)21-14-25-17(3)13-26-21/h10,12-14,18-19,22H,4-9,11H2,1-3H3/t18-,19-,22-/m0/s1. The van der Waals surface area contributed by atoms with Gasteiger partial charge in [0.1, 0.15) is 6.04 Å². The van der Waals surface area contributed by atoms with Gasteiger partial charge in [0, 0.05) is 30.4 Å². The molecule has 0 unspecified atom stereocenters. The van der Waals surface area contributed by atoms with Gasteiger partial charge in [-0.2, -0.15) is 0 Å². The van der Waals surface area contributed by atoms with Crippen LogP contribution in [0.1, 0.15) is 66.4 Å². The van der Waals surface area contributed by atoms with Crippen molar-refractivity contribution in [3.8, 4) is 0 Å². The fourth-order valence-electron chi connectivity index (χ4n) is 4.54. The Morgan fingerprint density at radius 1 is 1.00 bits per heavy atom. The van der Waals surface area contributed by atoms with Crippen molar-refractivity contribution in [1.82, 2.24) is 20.0 Å². The second kappa shape index (κ2) is 8.57. The lowest BCUT2D eigenvalue weighted by molar-refractivity contribution is -0.183. The van der Waals surface area contributed by atoms with Gasteiger partial charge in [0.15, 0.2) is 0 Å². The molecule has 2 aromatic rings. The Morgan fingerprint density at radius 3 is 2.48 bits per heavy atom. The van der Waals surface area contributed by atoms with Crippen molar-refractivity contribution in [2.24, 2.45) is 11.8 Å². The van der Waals surface area contributed by atoms with Gasteiger partial charge >= 0.3 is 0 Å². The maximum absolute atomic E-state index is 13.2. The fraction of sp³-hybridized carbons (Fsp3) is 0.565. The number of carbonyl (C=O) groups is 1. The van der Waals surface area contributed by atoms with E-state index in [1.54, 1.807) is 17.5 Å². The van der Waals surface area contributed by atoms with E-state index in [9.17, 15) is 4.79 Å². The highest BCUT2D eigenvalue weighted by atomic mass is 16.7. The molecule has 4 rings (SSSR count). The van der Waals surface area contributed by atoms with Crippen LogP contribution in [0.15, 0.2) is 24.7 Å². The lowest BCUT2D eigenvalue weighted by Crippen LogP contribution is -2.37. The topological polar surface area (TPSA) is 68.2 Å². The molecule has 0 aromatic carbocycles. The van der Waals surface area contributed by atoms with Gasteiger partial charge < -0.3 is 0 Å². The molecule has 1 amide bonds. The molecule has 2 aromatic heterocycles. The first kappa shape index (κ1) is 20.0. The number of hydrogen-bond donors (Lipinski definition) is 0.